The molecule has 1 aromatic rings. The first kappa shape index (κ1) is 14.1. The van der Waals surface area contributed by atoms with Crippen LogP contribution < -0.4 is 5.32 Å². The number of rotatable bonds is 6. The Morgan fingerprint density at radius 3 is 2.53 bits per heavy atom. The van der Waals surface area contributed by atoms with Crippen LogP contribution >= 0.6 is 0 Å². The van der Waals surface area contributed by atoms with Gasteiger partial charge < -0.3 is 4.90 Å². The smallest absolute Gasteiger partial charge is 0.241 e. The van der Waals surface area contributed by atoms with Gasteiger partial charge in [0.2, 0.25) is 5.91 Å². The predicted octanol–water partition coefficient (Wildman–Crippen LogP) is 3.09. The zero-order valence-corrected chi connectivity index (χ0v) is 11.9. The van der Waals surface area contributed by atoms with Gasteiger partial charge in [0, 0.05) is 6.54 Å². The van der Waals surface area contributed by atoms with E-state index in [-0.39, 0.29) is 18.1 Å². The Balaban J connectivity index is 2.14. The van der Waals surface area contributed by atoms with E-state index in [2.05, 4.69) is 31.3 Å². The molecule has 0 spiro atoms. The molecule has 1 aliphatic rings. The van der Waals surface area contributed by atoms with Gasteiger partial charge in [0.05, 0.1) is 6.04 Å². The van der Waals surface area contributed by atoms with E-state index in [1.165, 1.54) is 5.56 Å². The van der Waals surface area contributed by atoms with Crippen LogP contribution in [0.5, 0.6) is 0 Å². The molecule has 1 amide bonds. The van der Waals surface area contributed by atoms with Crippen LogP contribution in [-0.4, -0.2) is 23.4 Å². The summed E-state index contributed by atoms with van der Waals surface area (Å²) in [4.78, 5) is 14.4. The van der Waals surface area contributed by atoms with Crippen molar-refractivity contribution in [1.29, 1.82) is 0 Å². The summed E-state index contributed by atoms with van der Waals surface area (Å²) in [6, 6.07) is 10.3. The van der Waals surface area contributed by atoms with Crippen LogP contribution in [0.1, 0.15) is 51.3 Å². The quantitative estimate of drug-likeness (QED) is 0.852. The fraction of sp³-hybridized carbons (Fsp3) is 0.562. The minimum absolute atomic E-state index is 0.00305. The molecular weight excluding hydrogens is 236 g/mol. The SMILES string of the molecule is CCCCC1NC(c2ccccc2)N(CCC)C1=O. The number of hydrogen-bond donors (Lipinski definition) is 1. The zero-order chi connectivity index (χ0) is 13.7. The maximum absolute atomic E-state index is 12.4. The molecule has 104 valence electrons. The van der Waals surface area contributed by atoms with Crippen LogP contribution in [-0.2, 0) is 4.79 Å². The lowest BCUT2D eigenvalue weighted by atomic mass is 10.1. The highest BCUT2D eigenvalue weighted by atomic mass is 16.2. The van der Waals surface area contributed by atoms with Crippen molar-refractivity contribution < 1.29 is 4.79 Å². The molecule has 0 saturated carbocycles. The maximum Gasteiger partial charge on any atom is 0.241 e. The lowest BCUT2D eigenvalue weighted by molar-refractivity contribution is -0.130. The second kappa shape index (κ2) is 6.71. The predicted molar refractivity (Wildman–Crippen MR) is 77.6 cm³/mol. The average molecular weight is 260 g/mol. The highest BCUT2D eigenvalue weighted by molar-refractivity contribution is 5.84. The normalized spacial score (nSPS) is 23.1. The summed E-state index contributed by atoms with van der Waals surface area (Å²) in [5, 5.41) is 3.50. The Kier molecular flexibility index (Phi) is 4.97. The van der Waals surface area contributed by atoms with Crippen molar-refractivity contribution in [3.05, 3.63) is 35.9 Å². The van der Waals surface area contributed by atoms with Gasteiger partial charge in [-0.15, -0.1) is 0 Å². The molecule has 1 fully saturated rings. The zero-order valence-electron chi connectivity index (χ0n) is 11.9. The number of carbonyl (C=O) groups is 1. The van der Waals surface area contributed by atoms with Crippen molar-refractivity contribution in [2.75, 3.05) is 6.54 Å². The van der Waals surface area contributed by atoms with Gasteiger partial charge in [-0.25, -0.2) is 0 Å². The minimum Gasteiger partial charge on any atom is -0.322 e. The van der Waals surface area contributed by atoms with Crippen molar-refractivity contribution in [3.8, 4) is 0 Å². The largest absolute Gasteiger partial charge is 0.322 e. The van der Waals surface area contributed by atoms with E-state index in [4.69, 9.17) is 0 Å². The third-order valence-electron chi connectivity index (χ3n) is 3.68. The summed E-state index contributed by atoms with van der Waals surface area (Å²) in [5.74, 6) is 0.268. The Morgan fingerprint density at radius 1 is 1.16 bits per heavy atom. The van der Waals surface area contributed by atoms with E-state index >= 15 is 0 Å². The third kappa shape index (κ3) is 3.16. The van der Waals surface area contributed by atoms with E-state index in [1.54, 1.807) is 0 Å². The second-order valence-corrected chi connectivity index (χ2v) is 5.21. The molecule has 0 radical (unpaired) electrons. The highest BCUT2D eigenvalue weighted by Gasteiger charge is 2.38. The van der Waals surface area contributed by atoms with Crippen LogP contribution in [0, 0.1) is 0 Å². The molecule has 2 atom stereocenters. The minimum atomic E-state index is -0.00305. The number of hydrogen-bond acceptors (Lipinski definition) is 2. The summed E-state index contributed by atoms with van der Waals surface area (Å²) < 4.78 is 0. The molecule has 1 N–H and O–H groups in total. The molecule has 19 heavy (non-hydrogen) atoms. The summed E-state index contributed by atoms with van der Waals surface area (Å²) in [5.41, 5.74) is 1.18. The molecule has 1 heterocycles. The molecule has 2 rings (SSSR count). The molecule has 2 unspecified atom stereocenters. The van der Waals surface area contributed by atoms with Crippen LogP contribution in [0.3, 0.4) is 0 Å². The monoisotopic (exact) mass is 260 g/mol. The molecular formula is C16H24N2O. The van der Waals surface area contributed by atoms with Gasteiger partial charge >= 0.3 is 0 Å². The van der Waals surface area contributed by atoms with Crippen LogP contribution in [0.25, 0.3) is 0 Å². The van der Waals surface area contributed by atoms with Crippen LogP contribution in [0.15, 0.2) is 30.3 Å². The van der Waals surface area contributed by atoms with Gasteiger partial charge in [-0.3, -0.25) is 10.1 Å². The van der Waals surface area contributed by atoms with Crippen molar-refractivity contribution >= 4 is 5.91 Å². The van der Waals surface area contributed by atoms with Crippen LogP contribution in [0.2, 0.25) is 0 Å². The summed E-state index contributed by atoms with van der Waals surface area (Å²) in [7, 11) is 0. The molecule has 3 heteroatoms. The molecule has 1 saturated heterocycles. The summed E-state index contributed by atoms with van der Waals surface area (Å²) in [6.45, 7) is 5.11. The second-order valence-electron chi connectivity index (χ2n) is 5.21. The summed E-state index contributed by atoms with van der Waals surface area (Å²) in [6.07, 6.45) is 4.23. The number of nitrogens with one attached hydrogen (secondary N) is 1. The molecule has 1 aromatic carbocycles. The van der Waals surface area contributed by atoms with Gasteiger partial charge in [0.25, 0.3) is 0 Å². The number of unbranched alkanes of at least 4 members (excludes halogenated alkanes) is 1. The fourth-order valence-electron chi connectivity index (χ4n) is 2.69. The number of nitrogens with zero attached hydrogens (tertiary/aromatic N) is 1. The molecule has 0 aliphatic carbocycles. The first-order chi connectivity index (χ1) is 9.27. The Labute approximate surface area is 116 Å². The van der Waals surface area contributed by atoms with E-state index in [9.17, 15) is 4.79 Å². The fourth-order valence-corrected chi connectivity index (χ4v) is 2.69. The lowest BCUT2D eigenvalue weighted by Crippen LogP contribution is -2.31. The highest BCUT2D eigenvalue weighted by Crippen LogP contribution is 2.27. The standard InChI is InChI=1S/C16H24N2O/c1-3-5-11-14-16(19)18(12-4-2)15(17-14)13-9-7-6-8-10-13/h6-10,14-15,17H,3-5,11-12H2,1-2H3. The van der Waals surface area contributed by atoms with Crippen molar-refractivity contribution in [1.82, 2.24) is 10.2 Å². The first-order valence-electron chi connectivity index (χ1n) is 7.39. The van der Waals surface area contributed by atoms with Gasteiger partial charge in [-0.2, -0.15) is 0 Å². The maximum atomic E-state index is 12.4. The first-order valence-corrected chi connectivity index (χ1v) is 7.39. The Hall–Kier alpha value is -1.35. The van der Waals surface area contributed by atoms with E-state index < -0.39 is 0 Å². The average Bonchev–Trinajstić information content (AvgIpc) is 2.75. The van der Waals surface area contributed by atoms with E-state index in [0.717, 1.165) is 32.2 Å². The Morgan fingerprint density at radius 2 is 1.89 bits per heavy atom. The van der Waals surface area contributed by atoms with Crippen molar-refractivity contribution in [2.24, 2.45) is 0 Å². The Bertz CT molecular complexity index is 404. The van der Waals surface area contributed by atoms with E-state index in [0.29, 0.717) is 0 Å². The van der Waals surface area contributed by atoms with Gasteiger partial charge in [0.15, 0.2) is 0 Å². The van der Waals surface area contributed by atoms with Crippen molar-refractivity contribution in [2.45, 2.75) is 51.7 Å². The number of benzene rings is 1. The molecule has 0 aromatic heterocycles. The topological polar surface area (TPSA) is 32.3 Å². The van der Waals surface area contributed by atoms with Crippen molar-refractivity contribution in [3.63, 3.8) is 0 Å². The van der Waals surface area contributed by atoms with Crippen LogP contribution in [0.4, 0.5) is 0 Å². The lowest BCUT2D eigenvalue weighted by Gasteiger charge is -2.23. The molecule has 1 aliphatic heterocycles. The third-order valence-corrected chi connectivity index (χ3v) is 3.68. The summed E-state index contributed by atoms with van der Waals surface area (Å²) >= 11 is 0. The molecule has 0 bridgehead atoms. The van der Waals surface area contributed by atoms with Gasteiger partial charge in [-0.1, -0.05) is 57.0 Å². The molecule has 3 nitrogen and oxygen atoms in total. The number of carbonyl (C=O) groups excluding carboxylic acids is 1. The van der Waals surface area contributed by atoms with Gasteiger partial charge in [-0.05, 0) is 18.4 Å². The van der Waals surface area contributed by atoms with E-state index in [1.807, 2.05) is 23.1 Å². The number of amides is 1. The van der Waals surface area contributed by atoms with Gasteiger partial charge in [0.1, 0.15) is 6.17 Å².